The van der Waals surface area contributed by atoms with Gasteiger partial charge >= 0.3 is 0 Å². The van der Waals surface area contributed by atoms with Crippen molar-refractivity contribution < 1.29 is 19.0 Å². The lowest BCUT2D eigenvalue weighted by Crippen LogP contribution is -2.01. The third-order valence-corrected chi connectivity index (χ3v) is 4.89. The van der Waals surface area contributed by atoms with E-state index in [-0.39, 0.29) is 0 Å². The lowest BCUT2D eigenvalue weighted by Gasteiger charge is -2.14. The van der Waals surface area contributed by atoms with Crippen LogP contribution in [0.25, 0.3) is 5.57 Å². The normalized spacial score (nSPS) is 13.4. The molecule has 1 aliphatic heterocycles. The summed E-state index contributed by atoms with van der Waals surface area (Å²) in [7, 11) is 1.69. The number of ether oxygens (including phenoxy) is 3. The Morgan fingerprint density at radius 2 is 2.04 bits per heavy atom. The van der Waals surface area contributed by atoms with Gasteiger partial charge in [-0.25, -0.2) is 0 Å². The smallest absolute Gasteiger partial charge is 0.146 e. The van der Waals surface area contributed by atoms with Gasteiger partial charge in [0.15, 0.2) is 0 Å². The van der Waals surface area contributed by atoms with E-state index in [1.165, 1.54) is 5.56 Å². The molecule has 142 valence electrons. The number of aryl methyl sites for hydroxylation is 1. The van der Waals surface area contributed by atoms with Gasteiger partial charge in [0.1, 0.15) is 30.1 Å². The molecule has 1 heterocycles. The monoisotopic (exact) mass is 366 g/mol. The molecule has 2 aromatic carbocycles. The third-order valence-electron chi connectivity index (χ3n) is 4.89. The van der Waals surface area contributed by atoms with E-state index < -0.39 is 0 Å². The van der Waals surface area contributed by atoms with Crippen molar-refractivity contribution in [3.63, 3.8) is 0 Å². The fourth-order valence-corrected chi connectivity index (χ4v) is 3.31. The summed E-state index contributed by atoms with van der Waals surface area (Å²) >= 11 is 0. The summed E-state index contributed by atoms with van der Waals surface area (Å²) in [6, 6.07) is 12.0. The summed E-state index contributed by atoms with van der Waals surface area (Å²) in [5, 5.41) is 0. The number of allylic oxidation sites excluding steroid dienone is 1. The molecule has 0 fully saturated rings. The highest BCUT2D eigenvalue weighted by molar-refractivity contribution is 5.89. The van der Waals surface area contributed by atoms with Crippen LogP contribution in [0.15, 0.2) is 42.0 Å². The molecule has 0 amide bonds. The second-order valence-electron chi connectivity index (χ2n) is 6.71. The summed E-state index contributed by atoms with van der Waals surface area (Å²) in [6.07, 6.45) is 3.69. The van der Waals surface area contributed by atoms with Crippen molar-refractivity contribution in [2.45, 2.75) is 39.7 Å². The SMILES string of the molecule is CCCc1ccc(COc2ccc3c(c2)OCCC(C=O)=C3C)c(OC)c1. The van der Waals surface area contributed by atoms with Crippen molar-refractivity contribution in [2.75, 3.05) is 13.7 Å². The number of fused-ring (bicyclic) bond motifs is 1. The average Bonchev–Trinajstić information content (AvgIpc) is 2.85. The predicted molar refractivity (Wildman–Crippen MR) is 107 cm³/mol. The van der Waals surface area contributed by atoms with Gasteiger partial charge in [-0.2, -0.15) is 0 Å². The van der Waals surface area contributed by atoms with Crippen LogP contribution in [0, 0.1) is 0 Å². The molecule has 0 saturated heterocycles. The van der Waals surface area contributed by atoms with Gasteiger partial charge in [0.2, 0.25) is 0 Å². The molecule has 0 aliphatic carbocycles. The van der Waals surface area contributed by atoms with E-state index in [0.717, 1.165) is 58.6 Å². The molecule has 1 aliphatic rings. The van der Waals surface area contributed by atoms with Crippen molar-refractivity contribution in [1.82, 2.24) is 0 Å². The Morgan fingerprint density at radius 1 is 1.19 bits per heavy atom. The van der Waals surface area contributed by atoms with E-state index in [1.807, 2.05) is 25.1 Å². The summed E-state index contributed by atoms with van der Waals surface area (Å²) < 4.78 is 17.3. The Morgan fingerprint density at radius 3 is 2.78 bits per heavy atom. The summed E-state index contributed by atoms with van der Waals surface area (Å²) in [6.45, 7) is 5.04. The molecule has 4 nitrogen and oxygen atoms in total. The molecule has 4 heteroatoms. The number of rotatable bonds is 7. The number of carbonyl (C=O) groups excluding carboxylic acids is 1. The lowest BCUT2D eigenvalue weighted by molar-refractivity contribution is -0.105. The fraction of sp³-hybridized carbons (Fsp3) is 0.348. The van der Waals surface area contributed by atoms with Gasteiger partial charge in [0, 0.05) is 23.6 Å². The number of methoxy groups -OCH3 is 1. The Bertz CT molecular complexity index is 851. The first-order valence-electron chi connectivity index (χ1n) is 9.37. The highest BCUT2D eigenvalue weighted by Gasteiger charge is 2.16. The fourth-order valence-electron chi connectivity index (χ4n) is 3.31. The van der Waals surface area contributed by atoms with Crippen molar-refractivity contribution in [2.24, 2.45) is 0 Å². The summed E-state index contributed by atoms with van der Waals surface area (Å²) in [5.74, 6) is 2.34. The highest BCUT2D eigenvalue weighted by Crippen LogP contribution is 2.35. The average molecular weight is 366 g/mol. The molecule has 0 unspecified atom stereocenters. The van der Waals surface area contributed by atoms with Crippen LogP contribution in [0.3, 0.4) is 0 Å². The standard InChI is InChI=1S/C23H26O4/c1-4-5-17-6-7-19(22(12-17)25-3)15-27-20-8-9-21-16(2)18(14-24)10-11-26-23(21)13-20/h6-9,12-14H,4-5,10-11,15H2,1-3H3. The Balaban J connectivity index is 1.77. The van der Waals surface area contributed by atoms with E-state index in [9.17, 15) is 4.79 Å². The zero-order chi connectivity index (χ0) is 19.2. The Labute approximate surface area is 160 Å². The minimum Gasteiger partial charge on any atom is -0.496 e. The number of benzene rings is 2. The van der Waals surface area contributed by atoms with Crippen LogP contribution in [0.5, 0.6) is 17.2 Å². The maximum atomic E-state index is 11.2. The van der Waals surface area contributed by atoms with Gasteiger partial charge in [0.05, 0.1) is 13.7 Å². The number of hydrogen-bond donors (Lipinski definition) is 0. The van der Waals surface area contributed by atoms with Crippen LogP contribution in [0.4, 0.5) is 0 Å². The molecule has 0 atom stereocenters. The van der Waals surface area contributed by atoms with Crippen LogP contribution in [-0.4, -0.2) is 20.0 Å². The lowest BCUT2D eigenvalue weighted by atomic mass is 10.0. The minimum absolute atomic E-state index is 0.419. The van der Waals surface area contributed by atoms with Crippen LogP contribution >= 0.6 is 0 Å². The van der Waals surface area contributed by atoms with Crippen LogP contribution in [-0.2, 0) is 17.8 Å². The molecule has 0 saturated carbocycles. The van der Waals surface area contributed by atoms with Crippen molar-refractivity contribution in [3.8, 4) is 17.2 Å². The van der Waals surface area contributed by atoms with Gasteiger partial charge in [-0.05, 0) is 48.3 Å². The molecule has 27 heavy (non-hydrogen) atoms. The third kappa shape index (κ3) is 4.33. The number of aldehydes is 1. The van der Waals surface area contributed by atoms with Gasteiger partial charge in [0.25, 0.3) is 0 Å². The van der Waals surface area contributed by atoms with Crippen molar-refractivity contribution >= 4 is 11.9 Å². The first-order chi connectivity index (χ1) is 13.2. The minimum atomic E-state index is 0.419. The van der Waals surface area contributed by atoms with Gasteiger partial charge < -0.3 is 14.2 Å². The molecule has 0 N–H and O–H groups in total. The van der Waals surface area contributed by atoms with E-state index in [0.29, 0.717) is 19.6 Å². The van der Waals surface area contributed by atoms with E-state index in [4.69, 9.17) is 14.2 Å². The number of carbonyl (C=O) groups is 1. The van der Waals surface area contributed by atoms with Gasteiger partial charge in [-0.3, -0.25) is 4.79 Å². The molecule has 0 bridgehead atoms. The molecular weight excluding hydrogens is 340 g/mol. The maximum Gasteiger partial charge on any atom is 0.146 e. The summed E-state index contributed by atoms with van der Waals surface area (Å²) in [4.78, 5) is 11.2. The maximum absolute atomic E-state index is 11.2. The molecule has 0 radical (unpaired) electrons. The predicted octanol–water partition coefficient (Wildman–Crippen LogP) is 4.98. The molecular formula is C23H26O4. The van der Waals surface area contributed by atoms with Crippen LogP contribution in [0.2, 0.25) is 0 Å². The second-order valence-corrected chi connectivity index (χ2v) is 6.71. The van der Waals surface area contributed by atoms with E-state index in [2.05, 4.69) is 25.1 Å². The topological polar surface area (TPSA) is 44.8 Å². The zero-order valence-electron chi connectivity index (χ0n) is 16.2. The second kappa shape index (κ2) is 8.76. The van der Waals surface area contributed by atoms with E-state index >= 15 is 0 Å². The quantitative estimate of drug-likeness (QED) is 0.648. The Kier molecular flexibility index (Phi) is 6.17. The van der Waals surface area contributed by atoms with Crippen LogP contribution in [0.1, 0.15) is 43.4 Å². The largest absolute Gasteiger partial charge is 0.496 e. The Hall–Kier alpha value is -2.75. The molecule has 0 spiro atoms. The zero-order valence-corrected chi connectivity index (χ0v) is 16.2. The molecule has 2 aromatic rings. The van der Waals surface area contributed by atoms with E-state index in [1.54, 1.807) is 7.11 Å². The first-order valence-corrected chi connectivity index (χ1v) is 9.37. The highest BCUT2D eigenvalue weighted by atomic mass is 16.5. The molecule has 3 rings (SSSR count). The van der Waals surface area contributed by atoms with Gasteiger partial charge in [-0.1, -0.05) is 25.5 Å². The van der Waals surface area contributed by atoms with Crippen molar-refractivity contribution in [3.05, 3.63) is 58.7 Å². The van der Waals surface area contributed by atoms with Gasteiger partial charge in [-0.15, -0.1) is 0 Å². The number of hydrogen-bond acceptors (Lipinski definition) is 4. The summed E-state index contributed by atoms with van der Waals surface area (Å²) in [5.41, 5.74) is 4.98. The van der Waals surface area contributed by atoms with Crippen molar-refractivity contribution in [1.29, 1.82) is 0 Å². The first kappa shape index (κ1) is 19.0. The molecule has 0 aromatic heterocycles. The van der Waals surface area contributed by atoms with Crippen LogP contribution < -0.4 is 14.2 Å².